The van der Waals surface area contributed by atoms with Crippen LogP contribution in [0.15, 0.2) is 0 Å². The number of hydrogen-bond acceptors (Lipinski definition) is 11. The molecule has 0 aromatic carbocycles. The molecule has 0 radical (unpaired) electrons. The highest BCUT2D eigenvalue weighted by molar-refractivity contribution is 5.03. The lowest BCUT2D eigenvalue weighted by Gasteiger charge is -2.56. The Morgan fingerprint density at radius 3 is 1.85 bits per heavy atom. The number of aliphatic hydroxyl groups excluding tert-OH is 7. The van der Waals surface area contributed by atoms with Crippen LogP contribution in [0.4, 0.5) is 0 Å². The van der Waals surface area contributed by atoms with Gasteiger partial charge in [0.2, 0.25) is 0 Å². The van der Waals surface area contributed by atoms with E-state index in [0.29, 0.717) is 11.8 Å². The van der Waals surface area contributed by atoms with Gasteiger partial charge in [0, 0.05) is 6.04 Å². The maximum atomic E-state index is 10.8. The lowest BCUT2D eigenvalue weighted by atomic mass is 9.54. The number of ether oxygens (including phenoxy) is 3. The third kappa shape index (κ3) is 4.36. The van der Waals surface area contributed by atoms with E-state index in [4.69, 9.17) is 14.2 Å². The number of rotatable bonds is 6. The highest BCUT2D eigenvalue weighted by Gasteiger charge is 2.53. The summed E-state index contributed by atoms with van der Waals surface area (Å²) in [6.07, 6.45) is -7.61. The summed E-state index contributed by atoms with van der Waals surface area (Å²) >= 11 is 0. The summed E-state index contributed by atoms with van der Waals surface area (Å²) in [4.78, 5) is 0. The van der Waals surface area contributed by atoms with E-state index in [9.17, 15) is 35.7 Å². The van der Waals surface area contributed by atoms with Crippen LogP contribution in [-0.2, 0) is 14.2 Å². The molecule has 0 spiro atoms. The van der Waals surface area contributed by atoms with Gasteiger partial charge in [0.1, 0.15) is 55.1 Å². The Bertz CT molecular complexity index is 652. The van der Waals surface area contributed by atoms with Gasteiger partial charge >= 0.3 is 0 Å². The van der Waals surface area contributed by atoms with E-state index in [1.54, 1.807) is 0 Å². The van der Waals surface area contributed by atoms with Gasteiger partial charge < -0.3 is 50.0 Å². The van der Waals surface area contributed by atoms with Crippen molar-refractivity contribution in [2.75, 3.05) is 13.2 Å². The number of aliphatic hydroxyl groups is 7. The van der Waals surface area contributed by atoms with Crippen LogP contribution < -0.4 is 5.32 Å². The maximum absolute atomic E-state index is 10.8. The van der Waals surface area contributed by atoms with Crippen molar-refractivity contribution in [1.82, 2.24) is 5.32 Å². The van der Waals surface area contributed by atoms with Crippen LogP contribution in [-0.4, -0.2) is 116 Å². The molecule has 2 heterocycles. The minimum atomic E-state index is -1.67. The second-order valence-corrected chi connectivity index (χ2v) is 10.7. The molecule has 2 aliphatic heterocycles. The van der Waals surface area contributed by atoms with E-state index in [0.717, 1.165) is 11.8 Å². The van der Waals surface area contributed by atoms with Crippen molar-refractivity contribution >= 4 is 0 Å². The van der Waals surface area contributed by atoms with Crippen molar-refractivity contribution in [3.63, 3.8) is 0 Å². The second kappa shape index (κ2) is 9.55. The molecule has 4 bridgehead atoms. The molecule has 6 rings (SSSR count). The predicted octanol–water partition coefficient (Wildman–Crippen LogP) is -2.98. The lowest BCUT2D eigenvalue weighted by Crippen LogP contribution is -2.68. The van der Waals surface area contributed by atoms with Crippen LogP contribution in [0.2, 0.25) is 0 Å². The molecule has 11 nitrogen and oxygen atoms in total. The molecule has 0 aromatic rings. The highest BCUT2D eigenvalue weighted by Crippen LogP contribution is 2.54. The summed E-state index contributed by atoms with van der Waals surface area (Å²) in [5, 5.41) is 74.6. The molecule has 8 N–H and O–H groups in total. The van der Waals surface area contributed by atoms with Crippen LogP contribution in [0.1, 0.15) is 32.1 Å². The van der Waals surface area contributed by atoms with Crippen molar-refractivity contribution in [3.8, 4) is 0 Å². The first-order chi connectivity index (χ1) is 15.8. The first-order valence-corrected chi connectivity index (χ1v) is 12.1. The Balaban J connectivity index is 1.25. The Kier molecular flexibility index (Phi) is 7.02. The quantitative estimate of drug-likeness (QED) is 0.196. The molecule has 6 fully saturated rings. The zero-order valence-corrected chi connectivity index (χ0v) is 18.5. The summed E-state index contributed by atoms with van der Waals surface area (Å²) in [7, 11) is 0. The SMILES string of the molecule is OC[C@H]1O[C@H](O[C@H]2[C@H](O)[C@@H](O)[C@H](NC3C4CC5CC(C4)CC3C5)O[C@@H]2CO)[C@H](O)[C@@H](O)[C@@H]1O. The van der Waals surface area contributed by atoms with E-state index in [1.165, 1.54) is 32.1 Å². The van der Waals surface area contributed by atoms with Crippen LogP contribution in [0.3, 0.4) is 0 Å². The van der Waals surface area contributed by atoms with Crippen molar-refractivity contribution < 1.29 is 50.0 Å². The Hall–Kier alpha value is -0.440. The molecule has 2 saturated heterocycles. The summed E-state index contributed by atoms with van der Waals surface area (Å²) in [6, 6.07) is 0.187. The summed E-state index contributed by atoms with van der Waals surface area (Å²) in [5.41, 5.74) is 0. The Morgan fingerprint density at radius 1 is 0.667 bits per heavy atom. The minimum Gasteiger partial charge on any atom is -0.394 e. The van der Waals surface area contributed by atoms with Gasteiger partial charge in [-0.15, -0.1) is 0 Å². The minimum absolute atomic E-state index is 0.187. The lowest BCUT2D eigenvalue weighted by molar-refractivity contribution is -0.344. The molecule has 190 valence electrons. The van der Waals surface area contributed by atoms with Gasteiger partial charge in [0.15, 0.2) is 6.29 Å². The normalized spacial score (nSPS) is 56.3. The molecule has 0 aromatic heterocycles. The molecular formula is C22H37NO10. The molecule has 33 heavy (non-hydrogen) atoms. The van der Waals surface area contributed by atoms with E-state index in [2.05, 4.69) is 5.32 Å². The van der Waals surface area contributed by atoms with Crippen LogP contribution >= 0.6 is 0 Å². The molecular weight excluding hydrogens is 438 g/mol. The van der Waals surface area contributed by atoms with Gasteiger partial charge in [-0.25, -0.2) is 0 Å². The smallest absolute Gasteiger partial charge is 0.187 e. The van der Waals surface area contributed by atoms with Crippen LogP contribution in [0.25, 0.3) is 0 Å². The second-order valence-electron chi connectivity index (χ2n) is 10.7. The predicted molar refractivity (Wildman–Crippen MR) is 110 cm³/mol. The van der Waals surface area contributed by atoms with Gasteiger partial charge in [-0.05, 0) is 55.8 Å². The molecule has 0 unspecified atom stereocenters. The molecule has 11 heteroatoms. The first kappa shape index (κ1) is 24.3. The first-order valence-electron chi connectivity index (χ1n) is 12.1. The summed E-state index contributed by atoms with van der Waals surface area (Å²) in [6.45, 7) is -1.15. The fourth-order valence-corrected chi connectivity index (χ4v) is 7.11. The van der Waals surface area contributed by atoms with Crippen molar-refractivity contribution in [1.29, 1.82) is 0 Å². The largest absolute Gasteiger partial charge is 0.394 e. The summed E-state index contributed by atoms with van der Waals surface area (Å²) < 4.78 is 16.9. The molecule has 10 atom stereocenters. The maximum Gasteiger partial charge on any atom is 0.187 e. The average Bonchev–Trinajstić information content (AvgIpc) is 2.80. The average molecular weight is 476 g/mol. The van der Waals surface area contributed by atoms with Gasteiger partial charge in [0.25, 0.3) is 0 Å². The van der Waals surface area contributed by atoms with Gasteiger partial charge in [-0.3, -0.25) is 5.32 Å². The fraction of sp³-hybridized carbons (Fsp3) is 1.00. The molecule has 4 aliphatic carbocycles. The third-order valence-electron chi connectivity index (χ3n) is 8.59. The van der Waals surface area contributed by atoms with Crippen LogP contribution in [0.5, 0.6) is 0 Å². The van der Waals surface area contributed by atoms with Crippen molar-refractivity contribution in [2.45, 2.75) is 99.5 Å². The van der Waals surface area contributed by atoms with Gasteiger partial charge in [-0.1, -0.05) is 0 Å². The molecule has 4 saturated carbocycles. The van der Waals surface area contributed by atoms with Gasteiger partial charge in [-0.2, -0.15) is 0 Å². The standard InChI is InChI=1S/C22H37NO10/c24-6-12-15(26)16(27)19(30)22(32-12)33-20-13(7-25)31-21(18(29)17(20)28)23-14-10-2-8-1-9(4-10)5-11(14)3-8/h8-30H,1-7H2/t8?,9?,10?,11?,12-,13-,14?,15-,16+,17-,18-,19-,20-,21-,22-/m1/s1. The van der Waals surface area contributed by atoms with E-state index in [1.807, 2.05) is 0 Å². The van der Waals surface area contributed by atoms with Crippen molar-refractivity contribution in [2.24, 2.45) is 23.7 Å². The fourth-order valence-electron chi connectivity index (χ4n) is 7.11. The number of nitrogens with one attached hydrogen (secondary N) is 1. The summed E-state index contributed by atoms with van der Waals surface area (Å²) in [5.74, 6) is 2.61. The zero-order chi connectivity index (χ0) is 23.4. The van der Waals surface area contributed by atoms with E-state index in [-0.39, 0.29) is 6.04 Å². The van der Waals surface area contributed by atoms with E-state index < -0.39 is 74.6 Å². The van der Waals surface area contributed by atoms with Crippen molar-refractivity contribution in [3.05, 3.63) is 0 Å². The third-order valence-corrected chi connectivity index (χ3v) is 8.59. The van der Waals surface area contributed by atoms with Crippen LogP contribution in [0, 0.1) is 23.7 Å². The number of hydrogen-bond donors (Lipinski definition) is 8. The topological polar surface area (TPSA) is 181 Å². The Labute approximate surface area is 192 Å². The molecule has 6 aliphatic rings. The zero-order valence-electron chi connectivity index (χ0n) is 18.5. The van der Waals surface area contributed by atoms with Gasteiger partial charge in [0.05, 0.1) is 13.2 Å². The molecule has 0 amide bonds. The monoisotopic (exact) mass is 475 g/mol. The highest BCUT2D eigenvalue weighted by atomic mass is 16.7. The Morgan fingerprint density at radius 2 is 1.27 bits per heavy atom. The van der Waals surface area contributed by atoms with E-state index >= 15 is 0 Å².